The van der Waals surface area contributed by atoms with Crippen molar-refractivity contribution < 1.29 is 4.79 Å². The highest BCUT2D eigenvalue weighted by Gasteiger charge is 2.12. The van der Waals surface area contributed by atoms with Crippen LogP contribution in [0.1, 0.15) is 24.2 Å². The number of carbonyl (C=O) groups excluding carboxylic acids is 1. The smallest absolute Gasteiger partial charge is 0.253 e. The normalized spacial score (nSPS) is 9.93. The first kappa shape index (κ1) is 11.0. The molecule has 0 radical (unpaired) electrons. The van der Waals surface area contributed by atoms with Gasteiger partial charge in [-0.2, -0.15) is 0 Å². The molecule has 0 atom stereocenters. The predicted octanol–water partition coefficient (Wildman–Crippen LogP) is 2.22. The summed E-state index contributed by atoms with van der Waals surface area (Å²) in [5.74, 6) is -0.000648. The van der Waals surface area contributed by atoms with Gasteiger partial charge >= 0.3 is 0 Å². The number of carbonyl (C=O) groups is 1. The Kier molecular flexibility index (Phi) is 3.89. The van der Waals surface area contributed by atoms with E-state index in [0.29, 0.717) is 23.8 Å². The molecule has 0 fully saturated rings. The zero-order valence-electron chi connectivity index (χ0n) is 8.33. The SMILES string of the molecule is CCN(CC)C(=O)c1ccnc(Cl)c1. The Hall–Kier alpha value is -1.09. The molecule has 1 rings (SSSR count). The third-order valence-electron chi connectivity index (χ3n) is 2.02. The van der Waals surface area contributed by atoms with Crippen LogP contribution in [0, 0.1) is 0 Å². The molecule has 0 unspecified atom stereocenters. The number of pyridine rings is 1. The molecule has 1 aromatic heterocycles. The van der Waals surface area contributed by atoms with E-state index in [9.17, 15) is 4.79 Å². The maximum atomic E-state index is 11.8. The molecule has 0 aromatic carbocycles. The summed E-state index contributed by atoms with van der Waals surface area (Å²) >= 11 is 5.70. The number of nitrogens with zero attached hydrogens (tertiary/aromatic N) is 2. The largest absolute Gasteiger partial charge is 0.339 e. The molecule has 14 heavy (non-hydrogen) atoms. The first-order valence-electron chi connectivity index (χ1n) is 4.59. The highest BCUT2D eigenvalue weighted by molar-refractivity contribution is 6.29. The van der Waals surface area contributed by atoms with E-state index in [1.165, 1.54) is 0 Å². The van der Waals surface area contributed by atoms with E-state index in [0.717, 1.165) is 0 Å². The van der Waals surface area contributed by atoms with Crippen LogP contribution in [0.4, 0.5) is 0 Å². The number of rotatable bonds is 3. The van der Waals surface area contributed by atoms with Crippen molar-refractivity contribution in [2.75, 3.05) is 13.1 Å². The lowest BCUT2D eigenvalue weighted by molar-refractivity contribution is 0.0773. The third-order valence-corrected chi connectivity index (χ3v) is 2.23. The fourth-order valence-corrected chi connectivity index (χ4v) is 1.40. The van der Waals surface area contributed by atoms with Crippen molar-refractivity contribution in [1.82, 2.24) is 9.88 Å². The summed E-state index contributed by atoms with van der Waals surface area (Å²) in [6.45, 7) is 5.30. The molecule has 76 valence electrons. The molecule has 1 amide bonds. The van der Waals surface area contributed by atoms with E-state index < -0.39 is 0 Å². The number of hydrogen-bond acceptors (Lipinski definition) is 2. The topological polar surface area (TPSA) is 33.2 Å². The van der Waals surface area contributed by atoms with Crippen molar-refractivity contribution in [3.05, 3.63) is 29.0 Å². The van der Waals surface area contributed by atoms with Crippen molar-refractivity contribution >= 4 is 17.5 Å². The minimum Gasteiger partial charge on any atom is -0.339 e. The molecule has 0 N–H and O–H groups in total. The standard InChI is InChI=1S/C10H13ClN2O/c1-3-13(4-2)10(14)8-5-6-12-9(11)7-8/h5-7H,3-4H2,1-2H3. The summed E-state index contributed by atoms with van der Waals surface area (Å²) in [4.78, 5) is 17.4. The number of aromatic nitrogens is 1. The van der Waals surface area contributed by atoms with Gasteiger partial charge in [-0.1, -0.05) is 11.6 Å². The van der Waals surface area contributed by atoms with Gasteiger partial charge in [0.2, 0.25) is 0 Å². The summed E-state index contributed by atoms with van der Waals surface area (Å²) in [5.41, 5.74) is 0.591. The molecular formula is C10H13ClN2O. The van der Waals surface area contributed by atoms with Crippen LogP contribution in [-0.2, 0) is 0 Å². The van der Waals surface area contributed by atoms with Crippen molar-refractivity contribution in [2.24, 2.45) is 0 Å². The molecule has 0 saturated heterocycles. The van der Waals surface area contributed by atoms with Gasteiger partial charge in [-0.05, 0) is 26.0 Å². The first-order valence-corrected chi connectivity index (χ1v) is 4.97. The Labute approximate surface area is 88.7 Å². The molecule has 3 nitrogen and oxygen atoms in total. The van der Waals surface area contributed by atoms with Gasteiger partial charge in [-0.15, -0.1) is 0 Å². The summed E-state index contributed by atoms with van der Waals surface area (Å²) in [6, 6.07) is 3.26. The fraction of sp³-hybridized carbons (Fsp3) is 0.400. The van der Waals surface area contributed by atoms with Gasteiger partial charge in [-0.25, -0.2) is 4.98 Å². The van der Waals surface area contributed by atoms with Crippen LogP contribution in [-0.4, -0.2) is 28.9 Å². The second kappa shape index (κ2) is 4.96. The molecule has 0 aliphatic rings. The molecule has 0 saturated carbocycles. The zero-order valence-corrected chi connectivity index (χ0v) is 9.08. The van der Waals surface area contributed by atoms with Gasteiger partial charge in [0.15, 0.2) is 0 Å². The van der Waals surface area contributed by atoms with E-state index in [1.54, 1.807) is 23.2 Å². The van der Waals surface area contributed by atoms with Crippen molar-refractivity contribution in [1.29, 1.82) is 0 Å². The van der Waals surface area contributed by atoms with Crippen LogP contribution in [0.25, 0.3) is 0 Å². The van der Waals surface area contributed by atoms with Gasteiger partial charge in [0.25, 0.3) is 5.91 Å². The Morgan fingerprint density at radius 1 is 1.50 bits per heavy atom. The summed E-state index contributed by atoms with van der Waals surface area (Å²) in [5, 5.41) is 0.350. The Balaban J connectivity index is 2.88. The lowest BCUT2D eigenvalue weighted by Gasteiger charge is -2.18. The molecule has 4 heteroatoms. The van der Waals surface area contributed by atoms with E-state index in [4.69, 9.17) is 11.6 Å². The third kappa shape index (κ3) is 2.45. The average molecular weight is 213 g/mol. The maximum Gasteiger partial charge on any atom is 0.253 e. The van der Waals surface area contributed by atoms with Crippen molar-refractivity contribution in [3.8, 4) is 0 Å². The Bertz CT molecular complexity index is 324. The average Bonchev–Trinajstić information content (AvgIpc) is 2.19. The van der Waals surface area contributed by atoms with Gasteiger partial charge in [0.05, 0.1) is 0 Å². The number of hydrogen-bond donors (Lipinski definition) is 0. The maximum absolute atomic E-state index is 11.8. The van der Waals surface area contributed by atoms with Gasteiger partial charge in [-0.3, -0.25) is 4.79 Å². The van der Waals surface area contributed by atoms with Crippen LogP contribution in [0.5, 0.6) is 0 Å². The second-order valence-corrected chi connectivity index (χ2v) is 3.23. The Morgan fingerprint density at radius 2 is 2.14 bits per heavy atom. The quantitative estimate of drug-likeness (QED) is 0.720. The van der Waals surface area contributed by atoms with Crippen molar-refractivity contribution in [2.45, 2.75) is 13.8 Å². The second-order valence-electron chi connectivity index (χ2n) is 2.84. The molecular weight excluding hydrogens is 200 g/mol. The monoisotopic (exact) mass is 212 g/mol. The zero-order chi connectivity index (χ0) is 10.6. The van der Waals surface area contributed by atoms with E-state index in [1.807, 2.05) is 13.8 Å². The van der Waals surface area contributed by atoms with Crippen LogP contribution in [0.2, 0.25) is 5.15 Å². The molecule has 1 aromatic rings. The lowest BCUT2D eigenvalue weighted by Crippen LogP contribution is -2.30. The number of halogens is 1. The van der Waals surface area contributed by atoms with Gasteiger partial charge < -0.3 is 4.90 Å². The molecule has 0 spiro atoms. The first-order chi connectivity index (χ1) is 6.69. The molecule has 0 aliphatic heterocycles. The van der Waals surface area contributed by atoms with Crippen LogP contribution < -0.4 is 0 Å². The predicted molar refractivity (Wildman–Crippen MR) is 56.5 cm³/mol. The van der Waals surface area contributed by atoms with Crippen LogP contribution >= 0.6 is 11.6 Å². The minimum atomic E-state index is -0.000648. The van der Waals surface area contributed by atoms with Gasteiger partial charge in [0.1, 0.15) is 5.15 Å². The Morgan fingerprint density at radius 3 is 2.64 bits per heavy atom. The highest BCUT2D eigenvalue weighted by Crippen LogP contribution is 2.09. The van der Waals surface area contributed by atoms with Crippen molar-refractivity contribution in [3.63, 3.8) is 0 Å². The van der Waals surface area contributed by atoms with Gasteiger partial charge in [0, 0.05) is 24.8 Å². The summed E-state index contributed by atoms with van der Waals surface area (Å²) in [6.07, 6.45) is 1.54. The van der Waals surface area contributed by atoms with Crippen LogP contribution in [0.15, 0.2) is 18.3 Å². The fourth-order valence-electron chi connectivity index (χ4n) is 1.23. The summed E-state index contributed by atoms with van der Waals surface area (Å²) in [7, 11) is 0. The highest BCUT2D eigenvalue weighted by atomic mass is 35.5. The lowest BCUT2D eigenvalue weighted by atomic mass is 10.2. The number of amides is 1. The van der Waals surface area contributed by atoms with Crippen LogP contribution in [0.3, 0.4) is 0 Å². The van der Waals surface area contributed by atoms with E-state index in [2.05, 4.69) is 4.98 Å². The summed E-state index contributed by atoms with van der Waals surface area (Å²) < 4.78 is 0. The van der Waals surface area contributed by atoms with E-state index in [-0.39, 0.29) is 5.91 Å². The molecule has 0 bridgehead atoms. The minimum absolute atomic E-state index is 0.000648. The van der Waals surface area contributed by atoms with E-state index >= 15 is 0 Å². The molecule has 0 aliphatic carbocycles. The molecule has 1 heterocycles.